The Bertz CT molecular complexity index is 135. The van der Waals surface area contributed by atoms with Crippen LogP contribution in [0.2, 0.25) is 0 Å². The highest BCUT2D eigenvalue weighted by atomic mass is 16.5. The summed E-state index contributed by atoms with van der Waals surface area (Å²) < 4.78 is 1.04. The SMILES string of the molecule is C/C([N+](C)=O)=[N+](\C)[O-]. The van der Waals surface area contributed by atoms with Crippen molar-refractivity contribution in [3.8, 4) is 0 Å². The van der Waals surface area contributed by atoms with E-state index < -0.39 is 0 Å². The minimum Gasteiger partial charge on any atom is -0.620 e. The smallest absolute Gasteiger partial charge is 0.466 e. The number of hydrogen-bond acceptors (Lipinski definition) is 2. The van der Waals surface area contributed by atoms with Crippen LogP contribution in [0.5, 0.6) is 0 Å². The van der Waals surface area contributed by atoms with E-state index in [2.05, 4.69) is 0 Å². The van der Waals surface area contributed by atoms with Crippen molar-refractivity contribution in [1.82, 2.24) is 0 Å². The van der Waals surface area contributed by atoms with Crippen LogP contribution >= 0.6 is 0 Å². The molecule has 0 aromatic rings. The van der Waals surface area contributed by atoms with Crippen LogP contribution in [0, 0.1) is 10.1 Å². The van der Waals surface area contributed by atoms with Crippen molar-refractivity contribution in [2.24, 2.45) is 0 Å². The third-order valence-corrected chi connectivity index (χ3v) is 0.911. The van der Waals surface area contributed by atoms with Gasteiger partial charge in [0, 0.05) is 4.91 Å². The Labute approximate surface area is 47.6 Å². The summed E-state index contributed by atoms with van der Waals surface area (Å²) >= 11 is 0. The third-order valence-electron chi connectivity index (χ3n) is 0.911. The van der Waals surface area contributed by atoms with Crippen LogP contribution in [0.3, 0.4) is 0 Å². The van der Waals surface area contributed by atoms with Gasteiger partial charge in [0.15, 0.2) is 7.05 Å². The molecule has 0 amide bonds. The maximum atomic E-state index is 10.2. The van der Waals surface area contributed by atoms with E-state index >= 15 is 0 Å². The molecule has 0 aromatic heterocycles. The molecule has 0 fully saturated rings. The summed E-state index contributed by atoms with van der Waals surface area (Å²) in [5.41, 5.74) is 0. The maximum absolute atomic E-state index is 10.2. The number of rotatable bonds is 0. The second kappa shape index (κ2) is 2.40. The number of hydrogen-bond donors (Lipinski definition) is 0. The summed E-state index contributed by atoms with van der Waals surface area (Å²) in [4.78, 5) is 10.2. The van der Waals surface area contributed by atoms with Gasteiger partial charge >= 0.3 is 5.84 Å². The van der Waals surface area contributed by atoms with E-state index in [0.717, 1.165) is 0 Å². The summed E-state index contributed by atoms with van der Waals surface area (Å²) in [6.45, 7) is 1.46. The van der Waals surface area contributed by atoms with Gasteiger partial charge < -0.3 is 5.21 Å². The highest BCUT2D eigenvalue weighted by molar-refractivity contribution is 5.64. The van der Waals surface area contributed by atoms with Crippen molar-refractivity contribution in [2.45, 2.75) is 6.92 Å². The van der Waals surface area contributed by atoms with Gasteiger partial charge in [-0.25, -0.2) is 0 Å². The molecular formula is C4H9N2O2+. The van der Waals surface area contributed by atoms with Crippen molar-refractivity contribution in [3.63, 3.8) is 0 Å². The van der Waals surface area contributed by atoms with Crippen molar-refractivity contribution < 1.29 is 9.50 Å². The average molecular weight is 117 g/mol. The second-order valence-corrected chi connectivity index (χ2v) is 1.54. The van der Waals surface area contributed by atoms with Gasteiger partial charge in [-0.1, -0.05) is 0 Å². The number of hydroxylamine groups is 1. The van der Waals surface area contributed by atoms with Gasteiger partial charge in [0.1, 0.15) is 7.05 Å². The highest BCUT2D eigenvalue weighted by Gasteiger charge is 2.12. The molecule has 46 valence electrons. The van der Waals surface area contributed by atoms with Crippen molar-refractivity contribution in [1.29, 1.82) is 0 Å². The quantitative estimate of drug-likeness (QED) is 0.147. The minimum atomic E-state index is 0.157. The molecular weight excluding hydrogens is 108 g/mol. The molecule has 0 aliphatic rings. The fraction of sp³-hybridized carbons (Fsp3) is 0.750. The Morgan fingerprint density at radius 2 is 1.88 bits per heavy atom. The first-order chi connectivity index (χ1) is 3.55. The molecule has 0 aromatic carbocycles. The van der Waals surface area contributed by atoms with Crippen LogP contribution in [-0.4, -0.2) is 29.4 Å². The lowest BCUT2D eigenvalue weighted by molar-refractivity contribution is -0.519. The Hall–Kier alpha value is -0.930. The van der Waals surface area contributed by atoms with Crippen molar-refractivity contribution >= 4 is 5.84 Å². The molecule has 0 heterocycles. The van der Waals surface area contributed by atoms with E-state index in [4.69, 9.17) is 0 Å². The summed E-state index contributed by atoms with van der Waals surface area (Å²) in [6.07, 6.45) is 0. The molecule has 0 rings (SSSR count). The first-order valence-corrected chi connectivity index (χ1v) is 2.21. The largest absolute Gasteiger partial charge is 0.620 e. The van der Waals surface area contributed by atoms with Crippen LogP contribution in [0.25, 0.3) is 0 Å². The fourth-order valence-corrected chi connectivity index (χ4v) is 0.198. The Balaban J connectivity index is 4.23. The van der Waals surface area contributed by atoms with E-state index in [1.165, 1.54) is 21.0 Å². The monoisotopic (exact) mass is 117 g/mol. The van der Waals surface area contributed by atoms with Crippen molar-refractivity contribution in [2.75, 3.05) is 14.1 Å². The van der Waals surface area contributed by atoms with Gasteiger partial charge in [0.2, 0.25) is 0 Å². The molecule has 0 bridgehead atoms. The van der Waals surface area contributed by atoms with Gasteiger partial charge in [-0.2, -0.15) is 4.74 Å². The second-order valence-electron chi connectivity index (χ2n) is 1.54. The molecule has 0 saturated carbocycles. The van der Waals surface area contributed by atoms with Gasteiger partial charge in [0.25, 0.3) is 0 Å². The molecule has 0 radical (unpaired) electrons. The molecule has 4 heteroatoms. The van der Waals surface area contributed by atoms with Crippen LogP contribution in [0.1, 0.15) is 6.92 Å². The first kappa shape index (κ1) is 7.07. The molecule has 0 N–H and O–H groups in total. The molecule has 0 atom stereocenters. The van der Waals surface area contributed by atoms with Crippen LogP contribution in [0.15, 0.2) is 0 Å². The minimum absolute atomic E-state index is 0.157. The zero-order chi connectivity index (χ0) is 6.73. The maximum Gasteiger partial charge on any atom is 0.466 e. The predicted molar refractivity (Wildman–Crippen MR) is 29.8 cm³/mol. The summed E-state index contributed by atoms with van der Waals surface area (Å²) in [5.74, 6) is 0.157. The molecule has 0 aliphatic carbocycles. The normalized spacial score (nSPS) is 12.9. The Morgan fingerprint density at radius 3 is 1.88 bits per heavy atom. The lowest BCUT2D eigenvalue weighted by Crippen LogP contribution is -2.18. The van der Waals surface area contributed by atoms with E-state index in [-0.39, 0.29) is 5.84 Å². The van der Waals surface area contributed by atoms with Crippen molar-refractivity contribution in [3.05, 3.63) is 10.1 Å². The first-order valence-electron chi connectivity index (χ1n) is 2.21. The van der Waals surface area contributed by atoms with Gasteiger partial charge in [-0.05, 0) is 0 Å². The van der Waals surface area contributed by atoms with Gasteiger partial charge in [0.05, 0.1) is 11.7 Å². The van der Waals surface area contributed by atoms with Crippen LogP contribution in [0.4, 0.5) is 0 Å². The predicted octanol–water partition coefficient (Wildman–Crippen LogP) is -0.0464. The third kappa shape index (κ3) is 1.68. The fourth-order valence-electron chi connectivity index (χ4n) is 0.198. The topological polar surface area (TPSA) is 46.1 Å². The molecule has 8 heavy (non-hydrogen) atoms. The Kier molecular flexibility index (Phi) is 2.12. The lowest BCUT2D eigenvalue weighted by Gasteiger charge is -1.89. The molecule has 0 aliphatic heterocycles. The average Bonchev–Trinajstić information content (AvgIpc) is 1.64. The standard InChI is InChI=1S/C4H9N2O2/c1-4(5(2)7)6(3)8/h1-3H3/q+1/b5-4-. The van der Waals surface area contributed by atoms with Crippen LogP contribution in [-0.2, 0) is 0 Å². The zero-order valence-corrected chi connectivity index (χ0v) is 5.21. The molecule has 0 saturated heterocycles. The van der Waals surface area contributed by atoms with Gasteiger partial charge in [-0.15, -0.1) is 0 Å². The zero-order valence-electron chi connectivity index (χ0n) is 5.21. The molecule has 4 nitrogen and oxygen atoms in total. The van der Waals surface area contributed by atoms with E-state index in [9.17, 15) is 10.1 Å². The number of amidine groups is 1. The lowest BCUT2D eigenvalue weighted by atomic mass is 10.7. The summed E-state index contributed by atoms with van der Waals surface area (Å²) in [6, 6.07) is 0. The van der Waals surface area contributed by atoms with E-state index in [1.807, 2.05) is 0 Å². The summed E-state index contributed by atoms with van der Waals surface area (Å²) in [5, 5.41) is 10.2. The molecule has 0 unspecified atom stereocenters. The van der Waals surface area contributed by atoms with E-state index in [0.29, 0.717) is 9.50 Å². The number of nitroso groups, excluding NO2 is 1. The van der Waals surface area contributed by atoms with Crippen LogP contribution < -0.4 is 0 Å². The highest BCUT2D eigenvalue weighted by Crippen LogP contribution is 1.71. The number of nitrogens with zero attached hydrogens (tertiary/aromatic N) is 2. The molecule has 0 spiro atoms. The van der Waals surface area contributed by atoms with Gasteiger partial charge in [-0.3, -0.25) is 0 Å². The Morgan fingerprint density at radius 1 is 1.50 bits per heavy atom. The summed E-state index contributed by atoms with van der Waals surface area (Å²) in [7, 11) is 2.56. The van der Waals surface area contributed by atoms with E-state index in [1.54, 1.807) is 0 Å².